The van der Waals surface area contributed by atoms with Crippen molar-refractivity contribution in [3.8, 4) is 5.75 Å². The number of nitrogens with one attached hydrogen (secondary N) is 1. The number of hydrogen-bond donors (Lipinski definition) is 1. The predicted octanol–water partition coefficient (Wildman–Crippen LogP) is 4.71. The molecule has 25 heavy (non-hydrogen) atoms. The molecule has 0 aliphatic heterocycles. The zero-order chi connectivity index (χ0) is 17.7. The van der Waals surface area contributed by atoms with Crippen LogP contribution in [0, 0.1) is 6.92 Å². The predicted molar refractivity (Wildman–Crippen MR) is 101 cm³/mol. The highest BCUT2D eigenvalue weighted by Crippen LogP contribution is 2.28. The average Bonchev–Trinajstić information content (AvgIpc) is 2.62. The Kier molecular flexibility index (Phi) is 4.98. The number of nitrogens with zero attached hydrogens (tertiary/aromatic N) is 2. The van der Waals surface area contributed by atoms with Gasteiger partial charge in [0, 0.05) is 23.8 Å². The van der Waals surface area contributed by atoms with Crippen LogP contribution in [0.2, 0.25) is 0 Å². The fourth-order valence-electron chi connectivity index (χ4n) is 2.85. The Morgan fingerprint density at radius 3 is 2.36 bits per heavy atom. The summed E-state index contributed by atoms with van der Waals surface area (Å²) < 4.78 is 5.78. The molecule has 128 valence electrons. The number of anilines is 1. The lowest BCUT2D eigenvalue weighted by atomic mass is 9.92. The molecule has 2 heterocycles. The molecule has 0 unspecified atom stereocenters. The molecule has 0 radical (unpaired) electrons. The van der Waals surface area contributed by atoms with E-state index in [9.17, 15) is 0 Å². The van der Waals surface area contributed by atoms with Crippen LogP contribution in [0.25, 0.3) is 0 Å². The van der Waals surface area contributed by atoms with Gasteiger partial charge >= 0.3 is 0 Å². The van der Waals surface area contributed by atoms with E-state index in [0.717, 1.165) is 22.8 Å². The normalized spacial score (nSPS) is 11.2. The summed E-state index contributed by atoms with van der Waals surface area (Å²) in [5, 5.41) is 3.57. The van der Waals surface area contributed by atoms with Crippen LogP contribution in [-0.2, 0) is 12.1 Å². The van der Waals surface area contributed by atoms with Gasteiger partial charge in [-0.2, -0.15) is 0 Å². The van der Waals surface area contributed by atoms with Crippen LogP contribution in [0.15, 0.2) is 67.0 Å². The van der Waals surface area contributed by atoms with Crippen molar-refractivity contribution in [3.05, 3.63) is 83.9 Å². The lowest BCUT2D eigenvalue weighted by molar-refractivity contribution is 0.301. The molecular weight excluding hydrogens is 310 g/mol. The molecule has 0 saturated carbocycles. The molecule has 1 aromatic carbocycles. The zero-order valence-corrected chi connectivity index (χ0v) is 14.9. The van der Waals surface area contributed by atoms with Crippen LogP contribution in [0.5, 0.6) is 5.75 Å². The smallest absolute Gasteiger partial charge is 0.130 e. The van der Waals surface area contributed by atoms with Crippen molar-refractivity contribution in [1.82, 2.24) is 9.97 Å². The second kappa shape index (κ2) is 7.34. The van der Waals surface area contributed by atoms with Gasteiger partial charge in [0.25, 0.3) is 0 Å². The highest BCUT2D eigenvalue weighted by Gasteiger charge is 2.22. The van der Waals surface area contributed by atoms with Gasteiger partial charge in [-0.1, -0.05) is 12.1 Å². The number of aryl methyl sites for hydroxylation is 1. The molecule has 4 heteroatoms. The van der Waals surface area contributed by atoms with Crippen LogP contribution >= 0.6 is 0 Å². The fraction of sp³-hybridized carbons (Fsp3) is 0.238. The minimum absolute atomic E-state index is 0.214. The van der Waals surface area contributed by atoms with Crippen LogP contribution in [-0.4, -0.2) is 9.97 Å². The summed E-state index contributed by atoms with van der Waals surface area (Å²) >= 11 is 0. The van der Waals surface area contributed by atoms with Crippen LogP contribution < -0.4 is 10.1 Å². The average molecular weight is 333 g/mol. The van der Waals surface area contributed by atoms with Crippen molar-refractivity contribution in [2.45, 2.75) is 32.9 Å². The van der Waals surface area contributed by atoms with Gasteiger partial charge < -0.3 is 10.1 Å². The van der Waals surface area contributed by atoms with Crippen LogP contribution in [0.1, 0.15) is 30.8 Å². The lowest BCUT2D eigenvalue weighted by Gasteiger charge is -2.29. The number of benzene rings is 1. The number of ether oxygens (including phenoxy) is 1. The van der Waals surface area contributed by atoms with Gasteiger partial charge in [-0.05, 0) is 68.8 Å². The van der Waals surface area contributed by atoms with E-state index in [2.05, 4.69) is 35.2 Å². The first-order chi connectivity index (χ1) is 12.0. The third-order valence-corrected chi connectivity index (χ3v) is 4.10. The second-order valence-electron chi connectivity index (χ2n) is 6.52. The van der Waals surface area contributed by atoms with E-state index < -0.39 is 0 Å². The quantitative estimate of drug-likeness (QED) is 0.709. The summed E-state index contributed by atoms with van der Waals surface area (Å²) in [5.41, 5.74) is 3.96. The highest BCUT2D eigenvalue weighted by molar-refractivity contribution is 5.50. The molecule has 0 saturated heterocycles. The maximum absolute atomic E-state index is 5.78. The summed E-state index contributed by atoms with van der Waals surface area (Å²) in [6.45, 7) is 6.81. The van der Waals surface area contributed by atoms with Crippen molar-refractivity contribution < 1.29 is 4.74 Å². The number of rotatable bonds is 6. The summed E-state index contributed by atoms with van der Waals surface area (Å²) in [5.74, 6) is 0.826. The minimum Gasteiger partial charge on any atom is -0.487 e. The van der Waals surface area contributed by atoms with Crippen molar-refractivity contribution >= 4 is 5.69 Å². The minimum atomic E-state index is -0.214. The Labute approximate surface area is 148 Å². The monoisotopic (exact) mass is 333 g/mol. The van der Waals surface area contributed by atoms with Crippen molar-refractivity contribution in [1.29, 1.82) is 0 Å². The largest absolute Gasteiger partial charge is 0.487 e. The SMILES string of the molecule is Cc1ncccc1C(C)(C)Nc1ccc(OCc2ccccn2)cc1. The molecule has 0 bridgehead atoms. The van der Waals surface area contributed by atoms with Gasteiger partial charge in [-0.3, -0.25) is 9.97 Å². The van der Waals surface area contributed by atoms with Crippen LogP contribution in [0.4, 0.5) is 5.69 Å². The van der Waals surface area contributed by atoms with E-state index in [1.54, 1.807) is 6.20 Å². The van der Waals surface area contributed by atoms with Gasteiger partial charge in [0.15, 0.2) is 0 Å². The number of aromatic nitrogens is 2. The van der Waals surface area contributed by atoms with Gasteiger partial charge in [0.2, 0.25) is 0 Å². The first-order valence-electron chi connectivity index (χ1n) is 8.38. The maximum atomic E-state index is 5.78. The van der Waals surface area contributed by atoms with Crippen molar-refractivity contribution in [2.75, 3.05) is 5.32 Å². The van der Waals surface area contributed by atoms with E-state index >= 15 is 0 Å². The highest BCUT2D eigenvalue weighted by atomic mass is 16.5. The van der Waals surface area contributed by atoms with Gasteiger partial charge in [-0.25, -0.2) is 0 Å². The standard InChI is InChI=1S/C21H23N3O/c1-16-20(8-6-14-22-16)21(2,3)24-17-9-11-19(12-10-17)25-15-18-7-4-5-13-23-18/h4-14,24H,15H2,1-3H3. The third kappa shape index (κ3) is 4.35. The summed E-state index contributed by atoms with van der Waals surface area (Å²) in [7, 11) is 0. The molecule has 2 aromatic heterocycles. The second-order valence-corrected chi connectivity index (χ2v) is 6.52. The van der Waals surface area contributed by atoms with Gasteiger partial charge in [0.1, 0.15) is 12.4 Å². The Balaban J connectivity index is 1.65. The zero-order valence-electron chi connectivity index (χ0n) is 14.9. The van der Waals surface area contributed by atoms with Gasteiger partial charge in [0.05, 0.1) is 11.2 Å². The van der Waals surface area contributed by atoms with Crippen molar-refractivity contribution in [3.63, 3.8) is 0 Å². The topological polar surface area (TPSA) is 47.0 Å². The van der Waals surface area contributed by atoms with Gasteiger partial charge in [-0.15, -0.1) is 0 Å². The molecule has 4 nitrogen and oxygen atoms in total. The van der Waals surface area contributed by atoms with E-state index in [4.69, 9.17) is 4.74 Å². The van der Waals surface area contributed by atoms with E-state index in [1.807, 2.05) is 61.7 Å². The molecule has 0 amide bonds. The molecular formula is C21H23N3O. The molecule has 0 fully saturated rings. The number of hydrogen-bond acceptors (Lipinski definition) is 4. The molecule has 0 aliphatic rings. The van der Waals surface area contributed by atoms with Crippen LogP contribution in [0.3, 0.4) is 0 Å². The molecule has 3 aromatic rings. The molecule has 3 rings (SSSR count). The Bertz CT molecular complexity index is 814. The van der Waals surface area contributed by atoms with E-state index in [1.165, 1.54) is 5.56 Å². The fourth-order valence-corrected chi connectivity index (χ4v) is 2.85. The molecule has 1 N–H and O–H groups in total. The summed E-state index contributed by atoms with van der Waals surface area (Å²) in [6, 6.07) is 17.9. The Morgan fingerprint density at radius 2 is 1.68 bits per heavy atom. The first-order valence-corrected chi connectivity index (χ1v) is 8.38. The molecule has 0 aliphatic carbocycles. The third-order valence-electron chi connectivity index (χ3n) is 4.10. The molecule has 0 spiro atoms. The Hall–Kier alpha value is -2.88. The van der Waals surface area contributed by atoms with E-state index in [-0.39, 0.29) is 5.54 Å². The Morgan fingerprint density at radius 1 is 0.920 bits per heavy atom. The van der Waals surface area contributed by atoms with Crippen molar-refractivity contribution in [2.24, 2.45) is 0 Å². The first kappa shape index (κ1) is 17.0. The number of pyridine rings is 2. The lowest BCUT2D eigenvalue weighted by Crippen LogP contribution is -2.29. The summed E-state index contributed by atoms with van der Waals surface area (Å²) in [4.78, 5) is 8.65. The summed E-state index contributed by atoms with van der Waals surface area (Å²) in [6.07, 6.45) is 3.59. The van der Waals surface area contributed by atoms with E-state index in [0.29, 0.717) is 6.61 Å². The maximum Gasteiger partial charge on any atom is 0.130 e. The molecule has 0 atom stereocenters.